The number of fused-ring (bicyclic) bond motifs is 9. The number of aromatic nitrogens is 2. The molecule has 0 unspecified atom stereocenters. The van der Waals surface area contributed by atoms with E-state index in [2.05, 4.69) is 191 Å². The van der Waals surface area contributed by atoms with Crippen LogP contribution >= 0.6 is 0 Å². The third-order valence-corrected chi connectivity index (χ3v) is 13.2. The molecule has 0 radical (unpaired) electrons. The van der Waals surface area contributed by atoms with Gasteiger partial charge in [-0.15, -0.1) is 0 Å². The van der Waals surface area contributed by atoms with E-state index < -0.39 is 0 Å². The summed E-state index contributed by atoms with van der Waals surface area (Å²) in [6.45, 7) is 0. The minimum absolute atomic E-state index is 0.166. The molecule has 11 aromatic rings. The van der Waals surface area contributed by atoms with Crippen molar-refractivity contribution in [3.05, 3.63) is 182 Å². The van der Waals surface area contributed by atoms with E-state index >= 15 is 0 Å². The van der Waals surface area contributed by atoms with E-state index in [1.165, 1.54) is 96.5 Å². The summed E-state index contributed by atoms with van der Waals surface area (Å²) in [4.78, 5) is 0. The van der Waals surface area contributed by atoms with E-state index in [0.717, 1.165) is 0 Å². The normalized spacial score (nSPS) is 11.9. The van der Waals surface area contributed by atoms with E-state index in [9.17, 15) is 0 Å². The Kier molecular flexibility index (Phi) is 6.30. The summed E-state index contributed by atoms with van der Waals surface area (Å²) in [5.74, 6) is 0. The van der Waals surface area contributed by atoms with Crippen molar-refractivity contribution in [1.29, 1.82) is 0 Å². The molecule has 0 spiro atoms. The van der Waals surface area contributed by atoms with Crippen LogP contribution in [0.4, 0.5) is 0 Å². The van der Waals surface area contributed by atoms with Crippen LogP contribution in [0.5, 0.6) is 0 Å². The first-order valence-electron chi connectivity index (χ1n) is 17.4. The Labute approximate surface area is 300 Å². The molecule has 3 heteroatoms. The average Bonchev–Trinajstić information content (AvgIpc) is 3.86. The molecule has 238 valence electrons. The molecule has 0 aliphatic carbocycles. The summed E-state index contributed by atoms with van der Waals surface area (Å²) in [5, 5.41) is 7.84. The Morgan fingerprint density at radius 1 is 0.314 bits per heavy atom. The third-order valence-electron chi connectivity index (χ3n) is 10.5. The molecule has 0 aliphatic rings. The zero-order chi connectivity index (χ0) is 33.5. The van der Waals surface area contributed by atoms with Crippen molar-refractivity contribution < 1.29 is 0 Å². The predicted molar refractivity (Wildman–Crippen MR) is 218 cm³/mol. The SMILES string of the molecule is c1ccc(-c2cccc3c2[se]c2c(-n4c5ccccc5c5cc(-c6ccc7c(c6)c6ccccc6n7-c6ccccc6)ccc54)cccc23)cc1. The second-order valence-electron chi connectivity index (χ2n) is 13.3. The third kappa shape index (κ3) is 4.29. The molecule has 3 aromatic heterocycles. The molecule has 0 saturated carbocycles. The van der Waals surface area contributed by atoms with Gasteiger partial charge in [0.1, 0.15) is 0 Å². The van der Waals surface area contributed by atoms with Crippen LogP contribution in [0, 0.1) is 0 Å². The second kappa shape index (κ2) is 11.2. The number of hydrogen-bond acceptors (Lipinski definition) is 0. The van der Waals surface area contributed by atoms with Gasteiger partial charge in [-0.05, 0) is 18.2 Å². The fourth-order valence-corrected chi connectivity index (χ4v) is 11.1. The minimum atomic E-state index is 0.166. The Morgan fingerprint density at radius 2 is 0.824 bits per heavy atom. The number of hydrogen-bond donors (Lipinski definition) is 0. The standard InChI is InChI=1S/C48H30N2Se/c1-3-13-31(14-4-1)35-19-11-20-38-39-21-12-24-46(48(39)51-47(35)38)50-43-23-10-8-18-37(43)41-30-33(26-28-45(41)50)32-25-27-44-40(29-32)36-17-7-9-22-42(36)49(44)34-15-5-2-6-16-34/h1-30H. The maximum absolute atomic E-state index is 2.51. The number of para-hydroxylation sites is 3. The van der Waals surface area contributed by atoms with Crippen LogP contribution in [0.25, 0.3) is 96.5 Å². The fourth-order valence-electron chi connectivity index (χ4n) is 8.25. The molecule has 51 heavy (non-hydrogen) atoms. The Bertz CT molecular complexity index is 3130. The van der Waals surface area contributed by atoms with Crippen LogP contribution < -0.4 is 0 Å². The van der Waals surface area contributed by atoms with Gasteiger partial charge >= 0.3 is 248 Å². The summed E-state index contributed by atoms with van der Waals surface area (Å²) in [7, 11) is 0. The molecule has 2 nitrogen and oxygen atoms in total. The number of nitrogens with zero attached hydrogens (tertiary/aromatic N) is 2. The van der Waals surface area contributed by atoms with Crippen LogP contribution in [0.2, 0.25) is 0 Å². The van der Waals surface area contributed by atoms with Crippen molar-refractivity contribution in [2.45, 2.75) is 0 Å². The summed E-state index contributed by atoms with van der Waals surface area (Å²) in [6.07, 6.45) is 0. The van der Waals surface area contributed by atoms with E-state index in [1.807, 2.05) is 0 Å². The van der Waals surface area contributed by atoms with E-state index in [4.69, 9.17) is 0 Å². The van der Waals surface area contributed by atoms with Gasteiger partial charge in [0.15, 0.2) is 0 Å². The number of benzene rings is 8. The van der Waals surface area contributed by atoms with Gasteiger partial charge in [0.2, 0.25) is 0 Å². The van der Waals surface area contributed by atoms with Gasteiger partial charge in [-0.25, -0.2) is 0 Å². The van der Waals surface area contributed by atoms with Gasteiger partial charge in [0.05, 0.1) is 0 Å². The van der Waals surface area contributed by atoms with Crippen molar-refractivity contribution in [3.8, 4) is 33.6 Å². The van der Waals surface area contributed by atoms with Crippen molar-refractivity contribution in [1.82, 2.24) is 9.13 Å². The van der Waals surface area contributed by atoms with Gasteiger partial charge in [0, 0.05) is 5.69 Å². The van der Waals surface area contributed by atoms with E-state index in [1.54, 1.807) is 0 Å². The first-order valence-corrected chi connectivity index (χ1v) is 19.2. The topological polar surface area (TPSA) is 9.86 Å². The zero-order valence-electron chi connectivity index (χ0n) is 27.6. The molecule has 8 aromatic carbocycles. The molecule has 0 fully saturated rings. The maximum atomic E-state index is 2.51. The first kappa shape index (κ1) is 28.7. The molecular formula is C48H30N2Se. The monoisotopic (exact) mass is 714 g/mol. The van der Waals surface area contributed by atoms with Gasteiger partial charge < -0.3 is 0 Å². The van der Waals surface area contributed by atoms with Gasteiger partial charge in [0.25, 0.3) is 0 Å². The molecule has 0 atom stereocenters. The van der Waals surface area contributed by atoms with Gasteiger partial charge in [-0.3, -0.25) is 0 Å². The van der Waals surface area contributed by atoms with Crippen molar-refractivity contribution >= 4 is 77.4 Å². The van der Waals surface area contributed by atoms with Gasteiger partial charge in [-0.1, -0.05) is 30.3 Å². The first-order chi connectivity index (χ1) is 25.3. The van der Waals surface area contributed by atoms with Crippen LogP contribution in [0.3, 0.4) is 0 Å². The molecule has 11 rings (SSSR count). The van der Waals surface area contributed by atoms with Crippen molar-refractivity contribution in [2.75, 3.05) is 0 Å². The van der Waals surface area contributed by atoms with Crippen LogP contribution in [0.1, 0.15) is 0 Å². The average molecular weight is 714 g/mol. The van der Waals surface area contributed by atoms with Crippen LogP contribution in [-0.2, 0) is 0 Å². The summed E-state index contributed by atoms with van der Waals surface area (Å²) in [6, 6.07) is 66.9. The Morgan fingerprint density at radius 3 is 1.51 bits per heavy atom. The summed E-state index contributed by atoms with van der Waals surface area (Å²) < 4.78 is 7.83. The number of rotatable bonds is 4. The Hall–Kier alpha value is -6.12. The van der Waals surface area contributed by atoms with E-state index in [0.29, 0.717) is 0 Å². The van der Waals surface area contributed by atoms with Crippen LogP contribution in [-0.4, -0.2) is 23.6 Å². The zero-order valence-corrected chi connectivity index (χ0v) is 29.3. The van der Waals surface area contributed by atoms with Crippen LogP contribution in [0.15, 0.2) is 182 Å². The molecular weight excluding hydrogens is 684 g/mol. The molecule has 3 heterocycles. The second-order valence-corrected chi connectivity index (χ2v) is 15.5. The molecule has 0 amide bonds. The Balaban J connectivity index is 1.12. The molecule has 0 bridgehead atoms. The van der Waals surface area contributed by atoms with Crippen molar-refractivity contribution in [2.24, 2.45) is 0 Å². The van der Waals surface area contributed by atoms with Crippen molar-refractivity contribution in [3.63, 3.8) is 0 Å². The summed E-state index contributed by atoms with van der Waals surface area (Å²) in [5.41, 5.74) is 12.5. The molecule has 0 aliphatic heterocycles. The van der Waals surface area contributed by atoms with E-state index in [-0.39, 0.29) is 14.5 Å². The fraction of sp³-hybridized carbons (Fsp3) is 0. The molecule has 0 saturated heterocycles. The van der Waals surface area contributed by atoms with Gasteiger partial charge in [-0.2, -0.15) is 0 Å². The quantitative estimate of drug-likeness (QED) is 0.161. The predicted octanol–water partition coefficient (Wildman–Crippen LogP) is 12.6. The summed E-state index contributed by atoms with van der Waals surface area (Å²) >= 11 is 0.166. The molecule has 0 N–H and O–H groups in total.